The van der Waals surface area contributed by atoms with Crippen LogP contribution in [-0.4, -0.2) is 98.9 Å². The first-order valence-electron chi connectivity index (χ1n) is 20.5. The highest BCUT2D eigenvalue weighted by Crippen LogP contribution is 2.47. The van der Waals surface area contributed by atoms with E-state index in [0.29, 0.717) is 13.0 Å². The van der Waals surface area contributed by atoms with Gasteiger partial charge in [-0.1, -0.05) is 133 Å². The molecule has 1 aliphatic rings. The van der Waals surface area contributed by atoms with Crippen molar-refractivity contribution in [2.24, 2.45) is 0 Å². The van der Waals surface area contributed by atoms with Crippen LogP contribution in [0.5, 0.6) is 0 Å². The number of unbranched alkanes of at least 4 members (excludes halogenated alkanes) is 13. The van der Waals surface area contributed by atoms with E-state index >= 15 is 0 Å². The molecule has 6 atom stereocenters. The van der Waals surface area contributed by atoms with Gasteiger partial charge in [-0.15, -0.1) is 0 Å². The number of carbonyl (C=O) groups excluding carboxylic acids is 1. The topological polar surface area (TPSA) is 192 Å². The molecule has 1 aliphatic carbocycles. The lowest BCUT2D eigenvalue weighted by atomic mass is 9.85. The van der Waals surface area contributed by atoms with Gasteiger partial charge < -0.3 is 39.9 Å². The van der Waals surface area contributed by atoms with Crippen molar-refractivity contribution in [2.45, 2.75) is 185 Å². The van der Waals surface area contributed by atoms with Gasteiger partial charge in [-0.05, 0) is 51.4 Å². The van der Waals surface area contributed by atoms with Crippen molar-refractivity contribution < 1.29 is 58.3 Å². The lowest BCUT2D eigenvalue weighted by Gasteiger charge is -2.41. The minimum Gasteiger partial charge on any atom is -0.457 e. The first-order valence-corrected chi connectivity index (χ1v) is 22.0. The van der Waals surface area contributed by atoms with E-state index in [1.807, 2.05) is 0 Å². The van der Waals surface area contributed by atoms with Crippen LogP contribution in [0.4, 0.5) is 0 Å². The Morgan fingerprint density at radius 2 is 1.09 bits per heavy atom. The molecule has 13 heteroatoms. The Morgan fingerprint density at radius 1 is 0.611 bits per heavy atom. The van der Waals surface area contributed by atoms with Crippen LogP contribution in [0.15, 0.2) is 48.6 Å². The van der Waals surface area contributed by atoms with Crippen molar-refractivity contribution in [3.63, 3.8) is 0 Å². The smallest absolute Gasteiger partial charge is 0.457 e. The molecule has 0 heterocycles. The number of esters is 1. The Bertz CT molecular complexity index is 1080. The number of hydrogen-bond acceptors (Lipinski definition) is 11. The van der Waals surface area contributed by atoms with Crippen molar-refractivity contribution in [1.82, 2.24) is 0 Å². The average Bonchev–Trinajstić information content (AvgIpc) is 3.15. The Hall–Kier alpha value is -1.70. The summed E-state index contributed by atoms with van der Waals surface area (Å²) in [6, 6.07) is 0. The number of aliphatic hydroxyl groups excluding tert-OH is 5. The summed E-state index contributed by atoms with van der Waals surface area (Å²) in [5, 5.41) is 50.0. The molecule has 12 nitrogen and oxygen atoms in total. The molecule has 6 N–H and O–H groups in total. The Kier molecular flexibility index (Phi) is 30.2. The van der Waals surface area contributed by atoms with Gasteiger partial charge in [0.1, 0.15) is 42.7 Å². The molecule has 54 heavy (non-hydrogen) atoms. The van der Waals surface area contributed by atoms with Gasteiger partial charge in [0.2, 0.25) is 0 Å². The van der Waals surface area contributed by atoms with E-state index in [9.17, 15) is 39.8 Å². The number of phosphoric acid groups is 1. The summed E-state index contributed by atoms with van der Waals surface area (Å²) < 4.78 is 34.0. The molecule has 0 aliphatic heterocycles. The van der Waals surface area contributed by atoms with E-state index < -0.39 is 63.1 Å². The minimum absolute atomic E-state index is 0.0932. The van der Waals surface area contributed by atoms with Crippen LogP contribution >= 0.6 is 7.82 Å². The van der Waals surface area contributed by atoms with E-state index in [0.717, 1.165) is 57.8 Å². The number of carbonyl (C=O) groups is 1. The van der Waals surface area contributed by atoms with Crippen LogP contribution in [0.1, 0.15) is 142 Å². The molecule has 0 amide bonds. The molecule has 0 saturated heterocycles. The predicted octanol–water partition coefficient (Wildman–Crippen LogP) is 7.30. The van der Waals surface area contributed by atoms with Gasteiger partial charge in [0.15, 0.2) is 0 Å². The van der Waals surface area contributed by atoms with Crippen molar-refractivity contribution >= 4 is 13.8 Å². The van der Waals surface area contributed by atoms with Crippen molar-refractivity contribution in [3.8, 4) is 0 Å². The van der Waals surface area contributed by atoms with Crippen LogP contribution < -0.4 is 0 Å². The van der Waals surface area contributed by atoms with Gasteiger partial charge in [0, 0.05) is 13.0 Å². The number of rotatable bonds is 33. The molecule has 0 spiro atoms. The van der Waals surface area contributed by atoms with E-state index in [1.165, 1.54) is 57.8 Å². The maximum absolute atomic E-state index is 12.8. The number of aliphatic hydroxyl groups is 5. The Morgan fingerprint density at radius 3 is 1.63 bits per heavy atom. The molecule has 314 valence electrons. The van der Waals surface area contributed by atoms with Gasteiger partial charge in [-0.3, -0.25) is 13.8 Å². The first-order chi connectivity index (χ1) is 26.0. The van der Waals surface area contributed by atoms with Gasteiger partial charge >= 0.3 is 13.8 Å². The summed E-state index contributed by atoms with van der Waals surface area (Å²) in [6.45, 7) is 4.07. The molecule has 0 aromatic carbocycles. The summed E-state index contributed by atoms with van der Waals surface area (Å²) in [6.07, 6.45) is 24.8. The van der Waals surface area contributed by atoms with E-state index in [2.05, 4.69) is 62.5 Å². The van der Waals surface area contributed by atoms with Crippen LogP contribution in [-0.2, 0) is 27.9 Å². The zero-order valence-electron chi connectivity index (χ0n) is 33.0. The number of ether oxygens (including phenoxy) is 2. The summed E-state index contributed by atoms with van der Waals surface area (Å²) >= 11 is 0. The average molecular weight is 789 g/mol. The third-order valence-corrected chi connectivity index (χ3v) is 10.2. The normalized spacial score (nSPS) is 23.9. The maximum atomic E-state index is 12.8. The summed E-state index contributed by atoms with van der Waals surface area (Å²) in [4.78, 5) is 23.0. The SMILES string of the molecule is CC/C=C\C/C=C\C/C=C\C/C=C\CCCCC(=O)OC(COCCCCCCCCCCCCCC)COP(=O)(O)OC1C(O)C(O)C(O)C(O)C1O. The third-order valence-electron chi connectivity index (χ3n) is 9.22. The zero-order chi connectivity index (χ0) is 39.9. The van der Waals surface area contributed by atoms with E-state index in [1.54, 1.807) is 0 Å². The second-order valence-corrected chi connectivity index (χ2v) is 15.5. The van der Waals surface area contributed by atoms with Crippen LogP contribution in [0, 0.1) is 0 Å². The molecule has 1 saturated carbocycles. The van der Waals surface area contributed by atoms with Gasteiger partial charge in [0.05, 0.1) is 13.2 Å². The second kappa shape index (κ2) is 32.4. The largest absolute Gasteiger partial charge is 0.472 e. The minimum atomic E-state index is -5.02. The van der Waals surface area contributed by atoms with Crippen LogP contribution in [0.25, 0.3) is 0 Å². The fourth-order valence-electron chi connectivity index (χ4n) is 5.93. The first kappa shape index (κ1) is 50.3. The summed E-state index contributed by atoms with van der Waals surface area (Å²) in [5.41, 5.74) is 0. The zero-order valence-corrected chi connectivity index (χ0v) is 33.9. The maximum Gasteiger partial charge on any atom is 0.472 e. The Balaban J connectivity index is 2.49. The van der Waals surface area contributed by atoms with Gasteiger partial charge in [-0.2, -0.15) is 0 Å². The molecule has 0 aromatic heterocycles. The van der Waals surface area contributed by atoms with Crippen molar-refractivity contribution in [1.29, 1.82) is 0 Å². The lowest BCUT2D eigenvalue weighted by molar-refractivity contribution is -0.220. The van der Waals surface area contributed by atoms with E-state index in [4.69, 9.17) is 18.5 Å². The highest BCUT2D eigenvalue weighted by molar-refractivity contribution is 7.47. The van der Waals surface area contributed by atoms with Crippen LogP contribution in [0.3, 0.4) is 0 Å². The fraction of sp³-hybridized carbons (Fsp3) is 0.780. The monoisotopic (exact) mass is 788 g/mol. The summed E-state index contributed by atoms with van der Waals surface area (Å²) in [5.74, 6) is -0.519. The molecule has 6 unspecified atom stereocenters. The fourth-order valence-corrected chi connectivity index (χ4v) is 6.91. The quantitative estimate of drug-likeness (QED) is 0.0169. The van der Waals surface area contributed by atoms with E-state index in [-0.39, 0.29) is 13.0 Å². The highest BCUT2D eigenvalue weighted by atomic mass is 31.2. The molecular formula is C41H73O12P. The number of allylic oxidation sites excluding steroid dienone is 8. The Labute approximate surface area is 325 Å². The highest BCUT2D eigenvalue weighted by Gasteiger charge is 2.51. The predicted molar refractivity (Wildman–Crippen MR) is 212 cm³/mol. The van der Waals surface area contributed by atoms with Crippen LogP contribution in [0.2, 0.25) is 0 Å². The molecule has 0 bridgehead atoms. The lowest BCUT2D eigenvalue weighted by Crippen LogP contribution is -2.64. The van der Waals surface area contributed by atoms with Crippen molar-refractivity contribution in [3.05, 3.63) is 48.6 Å². The third kappa shape index (κ3) is 24.7. The summed E-state index contributed by atoms with van der Waals surface area (Å²) in [7, 11) is -5.02. The molecule has 1 rings (SSSR count). The number of hydrogen-bond donors (Lipinski definition) is 6. The molecule has 0 aromatic rings. The molecule has 1 fully saturated rings. The second-order valence-electron chi connectivity index (χ2n) is 14.1. The van der Waals surface area contributed by atoms with Gasteiger partial charge in [0.25, 0.3) is 0 Å². The molecular weight excluding hydrogens is 715 g/mol. The standard InChI is InChI=1S/C41H73O12P/c1-3-5-7-9-11-13-15-17-18-19-20-22-24-26-28-30-35(42)52-34(32-50-31-29-27-25-23-21-16-14-12-10-8-6-4-2)33-51-54(48,49)53-41-39(46)37(44)36(43)38(45)40(41)47/h5,7,11,13,17-18,20,22,34,36-41,43-47H,3-4,6,8-10,12,14-16,19,21,23-33H2,1-2H3,(H,48,49)/b7-5-,13-11-,18-17-,22-20-. The molecule has 0 radical (unpaired) electrons. The van der Waals surface area contributed by atoms with Crippen molar-refractivity contribution in [2.75, 3.05) is 19.8 Å². The van der Waals surface area contributed by atoms with Gasteiger partial charge in [-0.25, -0.2) is 4.57 Å². The number of phosphoric ester groups is 1.